The van der Waals surface area contributed by atoms with Crippen LogP contribution >= 0.6 is 11.6 Å². The zero-order valence-electron chi connectivity index (χ0n) is 17.5. The van der Waals surface area contributed by atoms with Gasteiger partial charge in [0, 0.05) is 49.2 Å². The lowest BCUT2D eigenvalue weighted by Crippen LogP contribution is -2.50. The third kappa shape index (κ3) is 5.40. The number of anilines is 4. The maximum atomic E-state index is 12.6. The third-order valence-electron chi connectivity index (χ3n) is 4.98. The molecule has 8 nitrogen and oxygen atoms in total. The van der Waals surface area contributed by atoms with Gasteiger partial charge in [-0.3, -0.25) is 0 Å². The molecular formula is C22H24ClN7O. The Labute approximate surface area is 186 Å². The van der Waals surface area contributed by atoms with Crippen molar-refractivity contribution in [3.8, 4) is 0 Å². The molecule has 1 fully saturated rings. The van der Waals surface area contributed by atoms with Crippen molar-refractivity contribution >= 4 is 40.8 Å². The van der Waals surface area contributed by atoms with Crippen LogP contribution in [0.5, 0.6) is 0 Å². The number of carbonyl (C=O) groups is 1. The first-order chi connectivity index (χ1) is 15.0. The molecule has 0 saturated carbocycles. The molecule has 0 atom stereocenters. The summed E-state index contributed by atoms with van der Waals surface area (Å²) in [4.78, 5) is 29.9. The Bertz CT molecular complexity index is 1070. The average molecular weight is 438 g/mol. The topological polar surface area (TPSA) is 86.3 Å². The first kappa shape index (κ1) is 20.9. The van der Waals surface area contributed by atoms with Gasteiger partial charge >= 0.3 is 6.03 Å². The quantitative estimate of drug-likeness (QED) is 0.634. The van der Waals surface area contributed by atoms with Crippen LogP contribution in [0.25, 0.3) is 0 Å². The van der Waals surface area contributed by atoms with Crippen molar-refractivity contribution in [1.82, 2.24) is 19.9 Å². The maximum Gasteiger partial charge on any atom is 0.321 e. The molecule has 1 saturated heterocycles. The molecular weight excluding hydrogens is 414 g/mol. The molecule has 160 valence electrons. The number of benzene rings is 1. The van der Waals surface area contributed by atoms with Crippen molar-refractivity contribution in [2.45, 2.75) is 13.8 Å². The molecule has 1 aromatic carbocycles. The number of amides is 2. The van der Waals surface area contributed by atoms with Crippen molar-refractivity contribution in [2.24, 2.45) is 0 Å². The highest BCUT2D eigenvalue weighted by molar-refractivity contribution is 6.30. The van der Waals surface area contributed by atoms with Gasteiger partial charge in [0.05, 0.1) is 0 Å². The molecule has 9 heteroatoms. The van der Waals surface area contributed by atoms with Crippen LogP contribution in [0.4, 0.5) is 27.9 Å². The molecule has 0 radical (unpaired) electrons. The van der Waals surface area contributed by atoms with E-state index in [-0.39, 0.29) is 6.03 Å². The van der Waals surface area contributed by atoms with E-state index in [2.05, 4.69) is 30.5 Å². The van der Waals surface area contributed by atoms with Crippen LogP contribution in [0.2, 0.25) is 5.02 Å². The van der Waals surface area contributed by atoms with Gasteiger partial charge in [0.1, 0.15) is 23.3 Å². The lowest BCUT2D eigenvalue weighted by Gasteiger charge is -2.35. The third-order valence-corrected chi connectivity index (χ3v) is 5.23. The Morgan fingerprint density at radius 1 is 0.968 bits per heavy atom. The highest BCUT2D eigenvalue weighted by atomic mass is 35.5. The highest BCUT2D eigenvalue weighted by Crippen LogP contribution is 2.21. The lowest BCUT2D eigenvalue weighted by molar-refractivity contribution is 0.208. The number of piperazine rings is 1. The Balaban J connectivity index is 1.38. The second kappa shape index (κ2) is 9.18. The zero-order chi connectivity index (χ0) is 21.8. The summed E-state index contributed by atoms with van der Waals surface area (Å²) in [5, 5.41) is 6.80. The van der Waals surface area contributed by atoms with Crippen LogP contribution in [-0.4, -0.2) is 52.1 Å². The van der Waals surface area contributed by atoms with Crippen molar-refractivity contribution < 1.29 is 4.79 Å². The minimum Gasteiger partial charge on any atom is -0.353 e. The predicted molar refractivity (Wildman–Crippen MR) is 123 cm³/mol. The molecule has 3 heterocycles. The molecule has 0 bridgehead atoms. The number of pyridine rings is 1. The van der Waals surface area contributed by atoms with E-state index in [1.165, 1.54) is 0 Å². The minimum absolute atomic E-state index is 0.117. The van der Waals surface area contributed by atoms with E-state index in [1.807, 2.05) is 32.0 Å². The highest BCUT2D eigenvalue weighted by Gasteiger charge is 2.22. The molecule has 0 spiro atoms. The first-order valence-electron chi connectivity index (χ1n) is 10.1. The normalized spacial score (nSPS) is 13.8. The predicted octanol–water partition coefficient (Wildman–Crippen LogP) is 4.24. The van der Waals surface area contributed by atoms with E-state index in [0.29, 0.717) is 42.8 Å². The van der Waals surface area contributed by atoms with Crippen molar-refractivity contribution in [2.75, 3.05) is 41.7 Å². The van der Waals surface area contributed by atoms with Crippen molar-refractivity contribution in [1.29, 1.82) is 0 Å². The summed E-state index contributed by atoms with van der Waals surface area (Å²) < 4.78 is 0. The molecule has 3 aromatic rings. The van der Waals surface area contributed by atoms with Crippen LogP contribution in [-0.2, 0) is 0 Å². The number of urea groups is 1. The van der Waals surface area contributed by atoms with Crippen LogP contribution < -0.4 is 15.5 Å². The maximum absolute atomic E-state index is 12.6. The first-order valence-corrected chi connectivity index (χ1v) is 10.5. The van der Waals surface area contributed by atoms with E-state index in [0.717, 1.165) is 22.9 Å². The van der Waals surface area contributed by atoms with Crippen molar-refractivity contribution in [3.05, 3.63) is 65.1 Å². The summed E-state index contributed by atoms with van der Waals surface area (Å²) in [5.41, 5.74) is 1.85. The number of halogens is 1. The largest absolute Gasteiger partial charge is 0.353 e. The van der Waals surface area contributed by atoms with E-state index < -0.39 is 0 Å². The molecule has 1 aliphatic heterocycles. The molecule has 2 aromatic heterocycles. The Kier molecular flexibility index (Phi) is 6.18. The summed E-state index contributed by atoms with van der Waals surface area (Å²) in [7, 11) is 0. The van der Waals surface area contributed by atoms with Gasteiger partial charge in [-0.25, -0.2) is 19.7 Å². The van der Waals surface area contributed by atoms with Gasteiger partial charge in [-0.05, 0) is 55.8 Å². The number of nitrogens with one attached hydrogen (secondary N) is 2. The van der Waals surface area contributed by atoms with Crippen LogP contribution in [0.15, 0.2) is 48.7 Å². The summed E-state index contributed by atoms with van der Waals surface area (Å²) in [5.74, 6) is 2.95. The number of aryl methyl sites for hydroxylation is 2. The van der Waals surface area contributed by atoms with Gasteiger partial charge in [0.15, 0.2) is 0 Å². The van der Waals surface area contributed by atoms with Gasteiger partial charge in [-0.1, -0.05) is 11.6 Å². The summed E-state index contributed by atoms with van der Waals surface area (Å²) in [6.45, 7) is 6.47. The second-order valence-electron chi connectivity index (χ2n) is 7.41. The van der Waals surface area contributed by atoms with Crippen LogP contribution in [0.1, 0.15) is 11.4 Å². The number of hydrogen-bond acceptors (Lipinski definition) is 6. The Morgan fingerprint density at radius 3 is 2.42 bits per heavy atom. The fourth-order valence-electron chi connectivity index (χ4n) is 3.39. The minimum atomic E-state index is -0.117. The number of hydrogen-bond donors (Lipinski definition) is 2. The second-order valence-corrected chi connectivity index (χ2v) is 7.85. The lowest BCUT2D eigenvalue weighted by atomic mass is 10.3. The fraction of sp³-hybridized carbons (Fsp3) is 0.273. The van der Waals surface area contributed by atoms with E-state index in [4.69, 9.17) is 11.6 Å². The molecule has 2 amide bonds. The van der Waals surface area contributed by atoms with E-state index >= 15 is 0 Å². The van der Waals surface area contributed by atoms with Gasteiger partial charge < -0.3 is 20.4 Å². The van der Waals surface area contributed by atoms with Gasteiger partial charge in [0.2, 0.25) is 0 Å². The summed E-state index contributed by atoms with van der Waals surface area (Å²) >= 11 is 5.90. The molecule has 0 aliphatic carbocycles. The molecule has 2 N–H and O–H groups in total. The van der Waals surface area contributed by atoms with Crippen molar-refractivity contribution in [3.63, 3.8) is 0 Å². The Hall–Kier alpha value is -3.39. The molecule has 4 rings (SSSR count). The summed E-state index contributed by atoms with van der Waals surface area (Å²) in [6.07, 6.45) is 1.76. The van der Waals surface area contributed by atoms with Crippen LogP contribution in [0, 0.1) is 13.8 Å². The summed E-state index contributed by atoms with van der Waals surface area (Å²) in [6, 6.07) is 12.8. The number of aromatic nitrogens is 3. The SMILES string of the molecule is Cc1ccnc(Nc2cc(N3CCN(C(=O)Nc4ccc(Cl)cc4)CC3)nc(C)n2)c1. The van der Waals surface area contributed by atoms with E-state index in [1.54, 1.807) is 35.4 Å². The number of nitrogens with zero attached hydrogens (tertiary/aromatic N) is 5. The Morgan fingerprint density at radius 2 is 1.71 bits per heavy atom. The smallest absolute Gasteiger partial charge is 0.321 e. The van der Waals surface area contributed by atoms with Crippen LogP contribution in [0.3, 0.4) is 0 Å². The fourth-order valence-corrected chi connectivity index (χ4v) is 3.51. The number of rotatable bonds is 4. The monoisotopic (exact) mass is 437 g/mol. The molecule has 1 aliphatic rings. The standard InChI is InChI=1S/C22H24ClN7O/c1-15-7-8-24-19(13-15)28-20-14-21(26-16(2)25-20)29-9-11-30(12-10-29)22(31)27-18-5-3-17(23)4-6-18/h3-8,13-14H,9-12H2,1-2H3,(H,27,31)(H,24,25,26,28). The average Bonchev–Trinajstić information content (AvgIpc) is 2.75. The van der Waals surface area contributed by atoms with Gasteiger partial charge in [0.25, 0.3) is 0 Å². The molecule has 31 heavy (non-hydrogen) atoms. The van der Waals surface area contributed by atoms with Gasteiger partial charge in [-0.15, -0.1) is 0 Å². The van der Waals surface area contributed by atoms with Gasteiger partial charge in [-0.2, -0.15) is 0 Å². The van der Waals surface area contributed by atoms with E-state index in [9.17, 15) is 4.79 Å². The molecule has 0 unspecified atom stereocenters. The zero-order valence-corrected chi connectivity index (χ0v) is 18.2. The number of carbonyl (C=O) groups excluding carboxylic acids is 1.